The molecular formula is C23H20F2N6O4. The average Bonchev–Trinajstić information content (AvgIpc) is 3.40. The number of halogens is 2. The van der Waals surface area contributed by atoms with Crippen molar-refractivity contribution in [1.82, 2.24) is 19.5 Å². The highest BCUT2D eigenvalue weighted by Gasteiger charge is 2.47. The van der Waals surface area contributed by atoms with Crippen LogP contribution in [0.25, 0.3) is 22.6 Å². The van der Waals surface area contributed by atoms with E-state index in [9.17, 15) is 23.8 Å². The van der Waals surface area contributed by atoms with Crippen molar-refractivity contribution in [2.24, 2.45) is 5.73 Å². The minimum atomic E-state index is -1.58. The second-order valence-corrected chi connectivity index (χ2v) is 8.01. The summed E-state index contributed by atoms with van der Waals surface area (Å²) in [5.41, 5.74) is 6.33. The summed E-state index contributed by atoms with van der Waals surface area (Å²) in [4.78, 5) is 24.6. The number of anilines is 1. The summed E-state index contributed by atoms with van der Waals surface area (Å²) in [5.74, 6) is -2.31. The van der Waals surface area contributed by atoms with Crippen LogP contribution in [0.4, 0.5) is 14.6 Å². The summed E-state index contributed by atoms with van der Waals surface area (Å²) in [6.07, 6.45) is -4.55. The molecule has 1 saturated heterocycles. The van der Waals surface area contributed by atoms with E-state index in [2.05, 4.69) is 20.3 Å². The van der Waals surface area contributed by atoms with E-state index in [1.807, 2.05) is 30.3 Å². The zero-order valence-electron chi connectivity index (χ0n) is 18.0. The predicted molar refractivity (Wildman–Crippen MR) is 120 cm³/mol. The first-order valence-electron chi connectivity index (χ1n) is 10.6. The Morgan fingerprint density at radius 1 is 1.11 bits per heavy atom. The standard InChI is InChI=1S/C23H20F2N6O4/c24-12-6-7-14(25)13(8-12)20-29-21(27-9-11-4-2-1-3-5-11)15-22(30-20)31(10-28-15)23-17(33)16(32)18(35-23)19(26)34/h1-8,10,16-18,23,32-33H,9H2,(H2,26,34)(H,27,29,30)/t16-,17+,18-,23+/m0/s1. The van der Waals surface area contributed by atoms with Gasteiger partial charge in [-0.1, -0.05) is 30.3 Å². The molecule has 0 spiro atoms. The first-order valence-corrected chi connectivity index (χ1v) is 10.6. The molecule has 4 atom stereocenters. The van der Waals surface area contributed by atoms with Gasteiger partial charge in [-0.05, 0) is 23.8 Å². The lowest BCUT2D eigenvalue weighted by molar-refractivity contribution is -0.134. The second-order valence-electron chi connectivity index (χ2n) is 8.01. The van der Waals surface area contributed by atoms with Crippen LogP contribution in [0.15, 0.2) is 54.9 Å². The molecule has 0 unspecified atom stereocenters. The maximum Gasteiger partial charge on any atom is 0.249 e. The van der Waals surface area contributed by atoms with Gasteiger partial charge in [0.05, 0.1) is 11.9 Å². The summed E-state index contributed by atoms with van der Waals surface area (Å²) in [6, 6.07) is 12.3. The maximum absolute atomic E-state index is 14.6. The summed E-state index contributed by atoms with van der Waals surface area (Å²) >= 11 is 0. The lowest BCUT2D eigenvalue weighted by Gasteiger charge is -2.17. The average molecular weight is 482 g/mol. The second kappa shape index (κ2) is 8.98. The number of nitrogens with zero attached hydrogens (tertiary/aromatic N) is 4. The van der Waals surface area contributed by atoms with Crippen LogP contribution in [0.5, 0.6) is 0 Å². The van der Waals surface area contributed by atoms with Crippen LogP contribution < -0.4 is 11.1 Å². The van der Waals surface area contributed by atoms with Crippen LogP contribution in [0.2, 0.25) is 0 Å². The van der Waals surface area contributed by atoms with Crippen molar-refractivity contribution >= 4 is 22.9 Å². The summed E-state index contributed by atoms with van der Waals surface area (Å²) < 4.78 is 35.3. The fraction of sp³-hybridized carbons (Fsp3) is 0.217. The molecule has 1 aliphatic heterocycles. The molecule has 0 aliphatic carbocycles. The number of imidazole rings is 1. The summed E-state index contributed by atoms with van der Waals surface area (Å²) in [5, 5.41) is 23.8. The van der Waals surface area contributed by atoms with Crippen molar-refractivity contribution in [3.8, 4) is 11.4 Å². The number of amides is 1. The Hall–Kier alpha value is -4.00. The SMILES string of the molecule is NC(=O)[C@H]1O[C@@H](n2cnc3c(NCc4ccccc4)nc(-c4cc(F)ccc4F)nc32)[C@H](O)[C@@H]1O. The predicted octanol–water partition coefficient (Wildman–Crippen LogP) is 1.49. The number of aromatic nitrogens is 4. The number of aliphatic hydroxyl groups excluding tert-OH is 2. The van der Waals surface area contributed by atoms with E-state index < -0.39 is 42.1 Å². The normalized spacial score (nSPS) is 21.9. The minimum Gasteiger partial charge on any atom is -0.387 e. The Morgan fingerprint density at radius 2 is 1.89 bits per heavy atom. The molecule has 180 valence electrons. The molecule has 1 fully saturated rings. The number of nitrogens with two attached hydrogens (primary N) is 1. The summed E-state index contributed by atoms with van der Waals surface area (Å²) in [6.45, 7) is 0.343. The lowest BCUT2D eigenvalue weighted by atomic mass is 10.1. The largest absolute Gasteiger partial charge is 0.387 e. The molecule has 4 aromatic rings. The highest BCUT2D eigenvalue weighted by molar-refractivity contribution is 5.85. The number of benzene rings is 2. The molecule has 2 aromatic carbocycles. The molecule has 5 N–H and O–H groups in total. The number of ether oxygens (including phenoxy) is 1. The molecule has 0 radical (unpaired) electrons. The van der Waals surface area contributed by atoms with Crippen molar-refractivity contribution in [2.75, 3.05) is 5.32 Å². The number of carbonyl (C=O) groups is 1. The van der Waals surface area contributed by atoms with E-state index in [4.69, 9.17) is 10.5 Å². The Morgan fingerprint density at radius 3 is 2.60 bits per heavy atom. The van der Waals surface area contributed by atoms with Gasteiger partial charge in [0.1, 0.15) is 23.8 Å². The number of primary amides is 1. The Labute approximate surface area is 197 Å². The number of aliphatic hydroxyl groups is 2. The van der Waals surface area contributed by atoms with Gasteiger partial charge in [-0.2, -0.15) is 0 Å². The topological polar surface area (TPSA) is 148 Å². The first-order chi connectivity index (χ1) is 16.8. The van der Waals surface area contributed by atoms with Gasteiger partial charge in [-0.3, -0.25) is 9.36 Å². The van der Waals surface area contributed by atoms with Gasteiger partial charge in [-0.15, -0.1) is 0 Å². The molecule has 5 rings (SSSR count). The third-order valence-electron chi connectivity index (χ3n) is 5.69. The number of hydrogen-bond donors (Lipinski definition) is 4. The molecule has 3 heterocycles. The third kappa shape index (κ3) is 4.18. The van der Waals surface area contributed by atoms with Crippen LogP contribution in [-0.4, -0.2) is 54.0 Å². The van der Waals surface area contributed by atoms with Crippen LogP contribution in [0.1, 0.15) is 11.8 Å². The lowest BCUT2D eigenvalue weighted by Crippen LogP contribution is -2.39. The number of fused-ring (bicyclic) bond motifs is 1. The van der Waals surface area contributed by atoms with E-state index in [1.165, 1.54) is 10.9 Å². The molecule has 1 aliphatic rings. The fourth-order valence-corrected chi connectivity index (χ4v) is 3.92. The van der Waals surface area contributed by atoms with Crippen molar-refractivity contribution < 1.29 is 28.5 Å². The molecule has 0 saturated carbocycles. The molecule has 35 heavy (non-hydrogen) atoms. The van der Waals surface area contributed by atoms with Gasteiger partial charge in [-0.25, -0.2) is 23.7 Å². The van der Waals surface area contributed by atoms with Crippen molar-refractivity contribution in [1.29, 1.82) is 0 Å². The molecular weight excluding hydrogens is 462 g/mol. The zero-order valence-corrected chi connectivity index (χ0v) is 18.0. The molecule has 2 aromatic heterocycles. The molecule has 12 heteroatoms. The maximum atomic E-state index is 14.6. The van der Waals surface area contributed by atoms with E-state index in [1.54, 1.807) is 0 Å². The van der Waals surface area contributed by atoms with Crippen LogP contribution in [0.3, 0.4) is 0 Å². The number of rotatable bonds is 6. The van der Waals surface area contributed by atoms with E-state index in [-0.39, 0.29) is 28.4 Å². The highest BCUT2D eigenvalue weighted by Crippen LogP contribution is 2.34. The van der Waals surface area contributed by atoms with Gasteiger partial charge in [0, 0.05) is 6.54 Å². The first kappa shape index (κ1) is 22.8. The third-order valence-corrected chi connectivity index (χ3v) is 5.69. The number of nitrogens with one attached hydrogen (secondary N) is 1. The molecule has 1 amide bonds. The number of hydrogen-bond acceptors (Lipinski definition) is 8. The quantitative estimate of drug-likeness (QED) is 0.323. The monoisotopic (exact) mass is 482 g/mol. The van der Waals surface area contributed by atoms with Gasteiger partial charge in [0.15, 0.2) is 35.1 Å². The van der Waals surface area contributed by atoms with Gasteiger partial charge < -0.3 is 26.0 Å². The zero-order chi connectivity index (χ0) is 24.7. The van der Waals surface area contributed by atoms with Crippen LogP contribution in [-0.2, 0) is 16.1 Å². The Kier molecular flexibility index (Phi) is 5.84. The fourth-order valence-electron chi connectivity index (χ4n) is 3.92. The Bertz CT molecular complexity index is 1400. The van der Waals surface area contributed by atoms with E-state index in [0.29, 0.717) is 6.54 Å². The van der Waals surface area contributed by atoms with Gasteiger partial charge >= 0.3 is 0 Å². The van der Waals surface area contributed by atoms with Crippen molar-refractivity contribution in [3.63, 3.8) is 0 Å². The van der Waals surface area contributed by atoms with Crippen molar-refractivity contribution in [2.45, 2.75) is 31.1 Å². The highest BCUT2D eigenvalue weighted by atomic mass is 19.1. The van der Waals surface area contributed by atoms with Crippen molar-refractivity contribution in [3.05, 3.63) is 72.1 Å². The van der Waals surface area contributed by atoms with Crippen LogP contribution >= 0.6 is 0 Å². The van der Waals surface area contributed by atoms with Gasteiger partial charge in [0.25, 0.3) is 0 Å². The summed E-state index contributed by atoms with van der Waals surface area (Å²) in [7, 11) is 0. The Balaban J connectivity index is 1.62. The van der Waals surface area contributed by atoms with Crippen LogP contribution in [0, 0.1) is 11.6 Å². The smallest absolute Gasteiger partial charge is 0.249 e. The molecule has 0 bridgehead atoms. The van der Waals surface area contributed by atoms with E-state index >= 15 is 0 Å². The minimum absolute atomic E-state index is 0.0931. The van der Waals surface area contributed by atoms with Gasteiger partial charge in [0.2, 0.25) is 5.91 Å². The number of carbonyl (C=O) groups excluding carboxylic acids is 1. The van der Waals surface area contributed by atoms with E-state index in [0.717, 1.165) is 23.8 Å². The molecule has 10 nitrogen and oxygen atoms in total.